The van der Waals surface area contributed by atoms with Crippen molar-refractivity contribution in [3.63, 3.8) is 0 Å². The van der Waals surface area contributed by atoms with Crippen molar-refractivity contribution in [1.29, 1.82) is 0 Å². The van der Waals surface area contributed by atoms with E-state index in [-0.39, 0.29) is 30.5 Å². The fraction of sp³-hybridized carbons (Fsp3) is 0.538. The minimum Gasteiger partial charge on any atom is -0.393 e. The smallest absolute Gasteiger partial charge is 0.161 e. The van der Waals surface area contributed by atoms with Crippen LogP contribution in [0, 0.1) is 5.92 Å². The summed E-state index contributed by atoms with van der Waals surface area (Å²) in [5, 5.41) is 9.86. The molecule has 1 N–H and O–H groups in total. The standard InChI is InChI=1S/C13H16O3/c1-8-10(14)7-11-15-12(8)13(16-11)9-5-3-2-4-6-9/h2-6,8,10-14H,7H2,1H3/t8-,10-,11+,12+,13+/m0/s1. The van der Waals surface area contributed by atoms with Gasteiger partial charge in [-0.25, -0.2) is 0 Å². The van der Waals surface area contributed by atoms with Crippen LogP contribution in [0.15, 0.2) is 30.3 Å². The van der Waals surface area contributed by atoms with E-state index in [2.05, 4.69) is 0 Å². The molecular formula is C13H16O3. The van der Waals surface area contributed by atoms with Crippen molar-refractivity contribution in [2.75, 3.05) is 0 Å². The van der Waals surface area contributed by atoms with Crippen molar-refractivity contribution in [1.82, 2.24) is 0 Å². The first-order valence-electron chi connectivity index (χ1n) is 5.79. The van der Waals surface area contributed by atoms with Crippen molar-refractivity contribution in [2.24, 2.45) is 5.92 Å². The lowest BCUT2D eigenvalue weighted by atomic mass is 9.89. The molecule has 2 saturated heterocycles. The maximum Gasteiger partial charge on any atom is 0.161 e. The average Bonchev–Trinajstić information content (AvgIpc) is 2.67. The molecule has 1 aromatic rings. The van der Waals surface area contributed by atoms with E-state index in [1.54, 1.807) is 0 Å². The Kier molecular flexibility index (Phi) is 2.46. The molecule has 5 atom stereocenters. The third-order valence-corrected chi connectivity index (χ3v) is 3.59. The van der Waals surface area contributed by atoms with E-state index < -0.39 is 0 Å². The highest BCUT2D eigenvalue weighted by Gasteiger charge is 2.47. The summed E-state index contributed by atoms with van der Waals surface area (Å²) in [5.41, 5.74) is 1.14. The highest BCUT2D eigenvalue weighted by molar-refractivity contribution is 5.20. The van der Waals surface area contributed by atoms with Gasteiger partial charge < -0.3 is 14.6 Å². The first-order chi connectivity index (χ1) is 7.75. The Labute approximate surface area is 95.0 Å². The number of aliphatic hydroxyl groups is 1. The van der Waals surface area contributed by atoms with Crippen LogP contribution in [0.4, 0.5) is 0 Å². The second-order valence-corrected chi connectivity index (χ2v) is 4.66. The van der Waals surface area contributed by atoms with Crippen LogP contribution in [0.2, 0.25) is 0 Å². The summed E-state index contributed by atoms with van der Waals surface area (Å²) >= 11 is 0. The van der Waals surface area contributed by atoms with Crippen molar-refractivity contribution in [3.8, 4) is 0 Å². The number of aliphatic hydroxyl groups excluding tert-OH is 1. The fourth-order valence-electron chi connectivity index (χ4n) is 2.57. The van der Waals surface area contributed by atoms with Crippen molar-refractivity contribution < 1.29 is 14.6 Å². The minimum absolute atomic E-state index is 0.0175. The Morgan fingerprint density at radius 1 is 1.19 bits per heavy atom. The van der Waals surface area contributed by atoms with Gasteiger partial charge in [-0.05, 0) is 5.56 Å². The molecule has 2 bridgehead atoms. The number of hydrogen-bond donors (Lipinski definition) is 1. The SMILES string of the molecule is C[C@@H]1[C@H]2O[C@@H](C[C@@H]1O)O[C@@H]2c1ccccc1. The number of benzene rings is 1. The van der Waals surface area contributed by atoms with Gasteiger partial charge in [-0.15, -0.1) is 0 Å². The molecule has 3 nitrogen and oxygen atoms in total. The Bertz CT molecular complexity index is 365. The zero-order valence-corrected chi connectivity index (χ0v) is 9.24. The van der Waals surface area contributed by atoms with Gasteiger partial charge in [0.05, 0.1) is 12.2 Å². The fourth-order valence-corrected chi connectivity index (χ4v) is 2.57. The van der Waals surface area contributed by atoms with E-state index in [1.165, 1.54) is 0 Å². The first kappa shape index (κ1) is 10.3. The van der Waals surface area contributed by atoms with Gasteiger partial charge in [-0.1, -0.05) is 37.3 Å². The predicted molar refractivity (Wildman–Crippen MR) is 58.7 cm³/mol. The molecule has 2 heterocycles. The lowest BCUT2D eigenvalue weighted by molar-refractivity contribution is -0.138. The third kappa shape index (κ3) is 1.56. The van der Waals surface area contributed by atoms with Crippen LogP contribution < -0.4 is 0 Å². The van der Waals surface area contributed by atoms with Gasteiger partial charge in [0.25, 0.3) is 0 Å². The molecule has 16 heavy (non-hydrogen) atoms. The number of rotatable bonds is 1. The summed E-state index contributed by atoms with van der Waals surface area (Å²) in [7, 11) is 0. The van der Waals surface area contributed by atoms with Gasteiger partial charge in [0.2, 0.25) is 0 Å². The zero-order valence-electron chi connectivity index (χ0n) is 9.24. The first-order valence-corrected chi connectivity index (χ1v) is 5.79. The molecule has 0 aromatic heterocycles. The summed E-state index contributed by atoms with van der Waals surface area (Å²) in [6.07, 6.45) is -0.00515. The molecule has 0 aliphatic carbocycles. The van der Waals surface area contributed by atoms with Gasteiger partial charge in [-0.2, -0.15) is 0 Å². The molecule has 1 aromatic carbocycles. The quantitative estimate of drug-likeness (QED) is 0.785. The second-order valence-electron chi connectivity index (χ2n) is 4.66. The van der Waals surface area contributed by atoms with Crippen LogP contribution in [0.1, 0.15) is 25.0 Å². The van der Waals surface area contributed by atoms with E-state index >= 15 is 0 Å². The highest BCUT2D eigenvalue weighted by atomic mass is 16.7. The van der Waals surface area contributed by atoms with Gasteiger partial charge >= 0.3 is 0 Å². The molecule has 0 unspecified atom stereocenters. The van der Waals surface area contributed by atoms with Crippen LogP contribution in [-0.2, 0) is 9.47 Å². The Balaban J connectivity index is 1.88. The van der Waals surface area contributed by atoms with Gasteiger partial charge in [0, 0.05) is 12.3 Å². The molecule has 2 fully saturated rings. The maximum absolute atomic E-state index is 9.86. The van der Waals surface area contributed by atoms with E-state index in [0.29, 0.717) is 6.42 Å². The van der Waals surface area contributed by atoms with Crippen molar-refractivity contribution in [2.45, 2.75) is 37.9 Å². The molecule has 3 rings (SSSR count). The normalized spacial score (nSPS) is 42.2. The van der Waals surface area contributed by atoms with Crippen molar-refractivity contribution >= 4 is 0 Å². The summed E-state index contributed by atoms with van der Waals surface area (Å²) in [6, 6.07) is 10.1. The molecule has 0 radical (unpaired) electrons. The average molecular weight is 220 g/mol. The van der Waals surface area contributed by atoms with Gasteiger partial charge in [-0.3, -0.25) is 0 Å². The van der Waals surface area contributed by atoms with Crippen molar-refractivity contribution in [3.05, 3.63) is 35.9 Å². The van der Waals surface area contributed by atoms with Crippen LogP contribution in [0.25, 0.3) is 0 Å². The molecule has 2 aliphatic rings. The Hall–Kier alpha value is -0.900. The van der Waals surface area contributed by atoms with E-state index in [9.17, 15) is 5.11 Å². The lowest BCUT2D eigenvalue weighted by Gasteiger charge is -2.30. The van der Waals surface area contributed by atoms with E-state index in [4.69, 9.17) is 9.47 Å². The molecule has 0 spiro atoms. The van der Waals surface area contributed by atoms with Gasteiger partial charge in [0.1, 0.15) is 6.10 Å². The van der Waals surface area contributed by atoms with Crippen LogP contribution >= 0.6 is 0 Å². The number of ether oxygens (including phenoxy) is 2. The van der Waals surface area contributed by atoms with Gasteiger partial charge in [0.15, 0.2) is 6.29 Å². The maximum atomic E-state index is 9.86. The molecule has 0 saturated carbocycles. The monoisotopic (exact) mass is 220 g/mol. The molecule has 86 valence electrons. The van der Waals surface area contributed by atoms with Crippen LogP contribution in [0.3, 0.4) is 0 Å². The second kappa shape index (κ2) is 3.84. The molecule has 0 amide bonds. The van der Waals surface area contributed by atoms with Crippen LogP contribution in [0.5, 0.6) is 0 Å². The predicted octanol–water partition coefficient (Wildman–Crippen LogP) is 1.87. The zero-order chi connectivity index (χ0) is 11.1. The lowest BCUT2D eigenvalue weighted by Crippen LogP contribution is -2.38. The summed E-state index contributed by atoms with van der Waals surface area (Å²) in [5.74, 6) is 0.129. The number of hydrogen-bond acceptors (Lipinski definition) is 3. The van der Waals surface area contributed by atoms with Crippen LogP contribution in [-0.4, -0.2) is 23.6 Å². The van der Waals surface area contributed by atoms with E-state index in [0.717, 1.165) is 5.56 Å². The number of fused-ring (bicyclic) bond motifs is 2. The Morgan fingerprint density at radius 2 is 1.94 bits per heavy atom. The summed E-state index contributed by atoms with van der Waals surface area (Å²) < 4.78 is 11.6. The third-order valence-electron chi connectivity index (χ3n) is 3.59. The highest BCUT2D eigenvalue weighted by Crippen LogP contribution is 2.43. The van der Waals surface area contributed by atoms with E-state index in [1.807, 2.05) is 37.3 Å². The Morgan fingerprint density at radius 3 is 2.69 bits per heavy atom. The summed E-state index contributed by atoms with van der Waals surface area (Å²) in [4.78, 5) is 0. The molecule has 2 aliphatic heterocycles. The molecule has 3 heteroatoms. The summed E-state index contributed by atoms with van der Waals surface area (Å²) in [6.45, 7) is 2.02. The topological polar surface area (TPSA) is 38.7 Å². The largest absolute Gasteiger partial charge is 0.393 e. The minimum atomic E-state index is -0.308. The molecular weight excluding hydrogens is 204 g/mol.